The maximum absolute atomic E-state index is 13.1. The van der Waals surface area contributed by atoms with E-state index in [1.165, 1.54) is 18.2 Å². The molecule has 29 heavy (non-hydrogen) atoms. The second-order valence-corrected chi connectivity index (χ2v) is 7.34. The smallest absolute Gasteiger partial charge is 0.418 e. The number of amides is 1. The van der Waals surface area contributed by atoms with Crippen LogP contribution in [0.4, 0.5) is 18.9 Å². The normalized spacial score (nSPS) is 13.4. The van der Waals surface area contributed by atoms with Gasteiger partial charge in [0.2, 0.25) is 5.91 Å². The molecule has 1 amide bonds. The molecule has 3 rings (SSSR count). The topological polar surface area (TPSA) is 50.8 Å². The van der Waals surface area contributed by atoms with Crippen LogP contribution in [-0.2, 0) is 17.5 Å². The Balaban J connectivity index is 1.69. The minimum Gasteiger partial charge on any atom is -0.486 e. The third-order valence-corrected chi connectivity index (χ3v) is 5.16. The van der Waals surface area contributed by atoms with E-state index in [4.69, 9.17) is 9.47 Å². The van der Waals surface area contributed by atoms with E-state index in [9.17, 15) is 18.0 Å². The van der Waals surface area contributed by atoms with Gasteiger partial charge in [0.1, 0.15) is 13.2 Å². The number of ether oxygens (including phenoxy) is 2. The Hall–Kier alpha value is -2.26. The van der Waals surface area contributed by atoms with E-state index < -0.39 is 17.6 Å². The number of hydrogen-bond acceptors (Lipinski definition) is 4. The number of hydrogen-bond donors (Lipinski definition) is 1. The number of para-hydroxylation sites is 1. The summed E-state index contributed by atoms with van der Waals surface area (Å²) in [6.07, 6.45) is -4.54. The van der Waals surface area contributed by atoms with Crippen LogP contribution in [0.3, 0.4) is 0 Å². The second kappa shape index (κ2) is 9.04. The van der Waals surface area contributed by atoms with Crippen molar-refractivity contribution in [3.63, 3.8) is 0 Å². The Bertz CT molecular complexity index is 890. The minimum atomic E-state index is -4.54. The predicted octanol–water partition coefficient (Wildman–Crippen LogP) is 4.70. The van der Waals surface area contributed by atoms with Crippen molar-refractivity contribution >= 4 is 27.5 Å². The number of nitrogens with one attached hydrogen (secondary N) is 1. The van der Waals surface area contributed by atoms with Crippen LogP contribution in [0.15, 0.2) is 40.9 Å². The van der Waals surface area contributed by atoms with Crippen LogP contribution < -0.4 is 14.8 Å². The maximum atomic E-state index is 13.1. The van der Waals surface area contributed by atoms with Crippen molar-refractivity contribution in [2.75, 3.05) is 31.6 Å². The highest BCUT2D eigenvalue weighted by Gasteiger charge is 2.33. The summed E-state index contributed by atoms with van der Waals surface area (Å²) in [5.41, 5.74) is -0.230. The highest BCUT2D eigenvalue weighted by molar-refractivity contribution is 9.10. The number of alkyl halides is 3. The van der Waals surface area contributed by atoms with Crippen LogP contribution in [0, 0.1) is 0 Å². The molecule has 156 valence electrons. The van der Waals surface area contributed by atoms with Gasteiger partial charge in [-0.05, 0) is 36.4 Å². The molecule has 2 aromatic carbocycles. The van der Waals surface area contributed by atoms with Crippen molar-refractivity contribution in [1.29, 1.82) is 0 Å². The van der Waals surface area contributed by atoms with E-state index in [0.717, 1.165) is 16.1 Å². The van der Waals surface area contributed by atoms with E-state index in [0.29, 0.717) is 37.8 Å². The molecule has 0 radical (unpaired) electrons. The average molecular weight is 473 g/mol. The lowest BCUT2D eigenvalue weighted by Crippen LogP contribution is -2.33. The summed E-state index contributed by atoms with van der Waals surface area (Å²) in [4.78, 5) is 14.2. The summed E-state index contributed by atoms with van der Waals surface area (Å²) in [6.45, 7) is 3.73. The second-order valence-electron chi connectivity index (χ2n) is 6.48. The van der Waals surface area contributed by atoms with E-state index in [1.54, 1.807) is 0 Å². The van der Waals surface area contributed by atoms with Gasteiger partial charge in [-0.25, -0.2) is 0 Å². The molecule has 2 aromatic rings. The van der Waals surface area contributed by atoms with Crippen molar-refractivity contribution in [1.82, 2.24) is 4.90 Å². The Labute approximate surface area is 174 Å². The van der Waals surface area contributed by atoms with Crippen LogP contribution in [0.1, 0.15) is 18.1 Å². The molecular weight excluding hydrogens is 453 g/mol. The largest absolute Gasteiger partial charge is 0.486 e. The zero-order chi connectivity index (χ0) is 21.0. The van der Waals surface area contributed by atoms with E-state index in [1.807, 2.05) is 24.0 Å². The summed E-state index contributed by atoms with van der Waals surface area (Å²) in [6, 6.07) is 8.59. The summed E-state index contributed by atoms with van der Waals surface area (Å²) < 4.78 is 51.3. The van der Waals surface area contributed by atoms with Gasteiger partial charge in [-0.3, -0.25) is 9.69 Å². The Morgan fingerprint density at radius 3 is 2.48 bits per heavy atom. The first kappa shape index (κ1) is 21.4. The van der Waals surface area contributed by atoms with Crippen molar-refractivity contribution < 1.29 is 27.4 Å². The van der Waals surface area contributed by atoms with Crippen LogP contribution >= 0.6 is 15.9 Å². The fourth-order valence-corrected chi connectivity index (χ4v) is 3.43. The predicted molar refractivity (Wildman–Crippen MR) is 106 cm³/mol. The van der Waals surface area contributed by atoms with Gasteiger partial charge in [-0.1, -0.05) is 35.0 Å². The van der Waals surface area contributed by atoms with Gasteiger partial charge < -0.3 is 14.8 Å². The molecule has 0 aliphatic carbocycles. The quantitative estimate of drug-likeness (QED) is 0.661. The molecule has 1 aliphatic rings. The minimum absolute atomic E-state index is 0.0520. The van der Waals surface area contributed by atoms with Gasteiger partial charge >= 0.3 is 6.18 Å². The van der Waals surface area contributed by atoms with Crippen LogP contribution in [0.25, 0.3) is 0 Å². The fourth-order valence-electron chi connectivity index (χ4n) is 2.98. The summed E-state index contributed by atoms with van der Waals surface area (Å²) in [5.74, 6) is 0.766. The molecule has 5 nitrogen and oxygen atoms in total. The molecule has 1 N–H and O–H groups in total. The van der Waals surface area contributed by atoms with E-state index in [-0.39, 0.29) is 12.2 Å². The van der Waals surface area contributed by atoms with Crippen molar-refractivity contribution in [3.05, 3.63) is 52.0 Å². The van der Waals surface area contributed by atoms with Crippen LogP contribution in [-0.4, -0.2) is 37.1 Å². The first-order valence-electron chi connectivity index (χ1n) is 9.04. The fraction of sp³-hybridized carbons (Fsp3) is 0.350. The lowest BCUT2D eigenvalue weighted by molar-refractivity contribution is -0.137. The number of carbonyl (C=O) groups excluding carboxylic acids is 1. The number of halogens is 4. The molecule has 0 saturated carbocycles. The number of anilines is 1. The van der Waals surface area contributed by atoms with E-state index in [2.05, 4.69) is 21.2 Å². The number of rotatable bonds is 6. The third kappa shape index (κ3) is 5.42. The van der Waals surface area contributed by atoms with E-state index >= 15 is 0 Å². The Morgan fingerprint density at radius 1 is 1.17 bits per heavy atom. The van der Waals surface area contributed by atoms with Crippen LogP contribution in [0.2, 0.25) is 0 Å². The molecule has 1 heterocycles. The molecule has 0 unspecified atom stereocenters. The van der Waals surface area contributed by atoms with Gasteiger partial charge in [-0.2, -0.15) is 13.2 Å². The molecule has 0 atom stereocenters. The molecule has 1 aliphatic heterocycles. The highest BCUT2D eigenvalue weighted by Crippen LogP contribution is 2.36. The lowest BCUT2D eigenvalue weighted by atomic mass is 10.1. The molecule has 0 bridgehead atoms. The summed E-state index contributed by atoms with van der Waals surface area (Å²) in [5, 5.41) is 2.38. The average Bonchev–Trinajstić information content (AvgIpc) is 2.67. The van der Waals surface area contributed by atoms with Crippen molar-refractivity contribution in [2.24, 2.45) is 0 Å². The summed E-state index contributed by atoms with van der Waals surface area (Å²) >= 11 is 3.50. The number of likely N-dealkylation sites (N-methyl/N-ethyl adjacent to an activating group) is 1. The lowest BCUT2D eigenvalue weighted by Gasteiger charge is -2.24. The Kier molecular flexibility index (Phi) is 6.69. The van der Waals surface area contributed by atoms with Gasteiger partial charge in [0, 0.05) is 11.0 Å². The van der Waals surface area contributed by atoms with Gasteiger partial charge in [-0.15, -0.1) is 0 Å². The number of fused-ring (bicyclic) bond motifs is 1. The molecule has 0 aromatic heterocycles. The SMILES string of the molecule is CCN(CC(=O)Nc1ccccc1C(F)(F)F)Cc1cc2c(cc1Br)OCCO2. The first-order chi connectivity index (χ1) is 13.8. The third-order valence-electron chi connectivity index (χ3n) is 4.43. The zero-order valence-electron chi connectivity index (χ0n) is 15.7. The Morgan fingerprint density at radius 2 is 1.83 bits per heavy atom. The number of nitrogens with zero attached hydrogens (tertiary/aromatic N) is 1. The van der Waals surface area contributed by atoms with Crippen molar-refractivity contribution in [2.45, 2.75) is 19.6 Å². The highest BCUT2D eigenvalue weighted by atomic mass is 79.9. The van der Waals surface area contributed by atoms with Crippen molar-refractivity contribution in [3.8, 4) is 11.5 Å². The summed E-state index contributed by atoms with van der Waals surface area (Å²) in [7, 11) is 0. The molecular formula is C20H20BrF3N2O3. The zero-order valence-corrected chi connectivity index (χ0v) is 17.3. The van der Waals surface area contributed by atoms with Crippen LogP contribution in [0.5, 0.6) is 11.5 Å². The monoisotopic (exact) mass is 472 g/mol. The molecule has 9 heteroatoms. The first-order valence-corrected chi connectivity index (χ1v) is 9.83. The maximum Gasteiger partial charge on any atom is 0.418 e. The van der Waals surface area contributed by atoms with Gasteiger partial charge in [0.15, 0.2) is 11.5 Å². The molecule has 0 spiro atoms. The van der Waals surface area contributed by atoms with Gasteiger partial charge in [0.25, 0.3) is 0 Å². The number of benzene rings is 2. The standard InChI is InChI=1S/C20H20BrF3N2O3/c1-2-26(11-13-9-17-18(10-15(13)21)29-8-7-28-17)12-19(27)25-16-6-4-3-5-14(16)20(22,23)24/h3-6,9-10H,2,7-8,11-12H2,1H3,(H,25,27). The molecule has 0 fully saturated rings. The number of carbonyl (C=O) groups is 1. The van der Waals surface area contributed by atoms with Gasteiger partial charge in [0.05, 0.1) is 17.8 Å². The molecule has 0 saturated heterocycles.